The Hall–Kier alpha value is -1.61. The van der Waals surface area contributed by atoms with Crippen LogP contribution in [0.4, 0.5) is 0 Å². The van der Waals surface area contributed by atoms with Gasteiger partial charge in [-0.05, 0) is 51.3 Å². The predicted octanol–water partition coefficient (Wildman–Crippen LogP) is 4.50. The Morgan fingerprint density at radius 2 is 2.09 bits per heavy atom. The molecule has 0 saturated carbocycles. The Morgan fingerprint density at radius 1 is 1.27 bits per heavy atom. The van der Waals surface area contributed by atoms with Crippen LogP contribution in [-0.4, -0.2) is 16.6 Å². The van der Waals surface area contributed by atoms with Crippen molar-refractivity contribution in [2.24, 2.45) is 0 Å². The lowest BCUT2D eigenvalue weighted by atomic mass is 10.00. The summed E-state index contributed by atoms with van der Waals surface area (Å²) in [5.41, 5.74) is 6.57. The standard InChI is InChI=1S/C19H26N2O/c1-5-18-19(15(4)20-22-18)17-7-6-10-21(17)12-16-11-13(2)8-9-14(16)3/h8-9,11,17H,5-7,10,12H2,1-4H3. The van der Waals surface area contributed by atoms with Crippen LogP contribution < -0.4 is 0 Å². The maximum absolute atomic E-state index is 5.52. The van der Waals surface area contributed by atoms with E-state index in [2.05, 4.69) is 56.0 Å². The van der Waals surface area contributed by atoms with Gasteiger partial charge >= 0.3 is 0 Å². The van der Waals surface area contributed by atoms with Crippen molar-refractivity contribution in [3.05, 3.63) is 51.9 Å². The van der Waals surface area contributed by atoms with Gasteiger partial charge in [0.1, 0.15) is 5.76 Å². The summed E-state index contributed by atoms with van der Waals surface area (Å²) in [5, 5.41) is 4.20. The average molecular weight is 298 g/mol. The molecule has 1 atom stereocenters. The van der Waals surface area contributed by atoms with Gasteiger partial charge < -0.3 is 4.52 Å². The van der Waals surface area contributed by atoms with Crippen molar-refractivity contribution in [2.75, 3.05) is 6.54 Å². The number of rotatable bonds is 4. The quantitative estimate of drug-likeness (QED) is 0.832. The van der Waals surface area contributed by atoms with Gasteiger partial charge in [-0.1, -0.05) is 35.8 Å². The maximum Gasteiger partial charge on any atom is 0.141 e. The van der Waals surface area contributed by atoms with Gasteiger partial charge in [0.25, 0.3) is 0 Å². The highest BCUT2D eigenvalue weighted by molar-refractivity contribution is 5.32. The lowest BCUT2D eigenvalue weighted by Gasteiger charge is -2.25. The van der Waals surface area contributed by atoms with Crippen molar-refractivity contribution in [1.82, 2.24) is 10.1 Å². The van der Waals surface area contributed by atoms with Crippen LogP contribution in [-0.2, 0) is 13.0 Å². The van der Waals surface area contributed by atoms with E-state index in [1.807, 2.05) is 0 Å². The lowest BCUT2D eigenvalue weighted by Crippen LogP contribution is -2.24. The molecule has 1 saturated heterocycles. The molecule has 3 nitrogen and oxygen atoms in total. The van der Waals surface area contributed by atoms with Crippen LogP contribution in [0.5, 0.6) is 0 Å². The number of aromatic nitrogens is 1. The Labute approximate surface area is 133 Å². The molecule has 1 aromatic carbocycles. The zero-order valence-corrected chi connectivity index (χ0v) is 14.1. The minimum Gasteiger partial charge on any atom is -0.361 e. The molecule has 1 fully saturated rings. The van der Waals surface area contributed by atoms with Crippen LogP contribution in [0.2, 0.25) is 0 Å². The van der Waals surface area contributed by atoms with Crippen LogP contribution in [0.1, 0.15) is 59.5 Å². The van der Waals surface area contributed by atoms with Crippen LogP contribution in [0.25, 0.3) is 0 Å². The van der Waals surface area contributed by atoms with Gasteiger partial charge in [-0.15, -0.1) is 0 Å². The Morgan fingerprint density at radius 3 is 2.86 bits per heavy atom. The Bertz CT molecular complexity index is 659. The molecule has 0 N–H and O–H groups in total. The van der Waals surface area contributed by atoms with E-state index in [-0.39, 0.29) is 0 Å². The number of hydrogen-bond donors (Lipinski definition) is 0. The van der Waals surface area contributed by atoms with Gasteiger partial charge in [-0.25, -0.2) is 0 Å². The summed E-state index contributed by atoms with van der Waals surface area (Å²) in [6, 6.07) is 7.21. The Kier molecular flexibility index (Phi) is 4.34. The van der Waals surface area contributed by atoms with Crippen LogP contribution in [0, 0.1) is 20.8 Å². The fourth-order valence-corrected chi connectivity index (χ4v) is 3.64. The molecule has 1 aliphatic rings. The molecule has 3 rings (SSSR count). The third-order valence-electron chi connectivity index (χ3n) is 4.88. The van der Waals surface area contributed by atoms with E-state index < -0.39 is 0 Å². The van der Waals surface area contributed by atoms with Crippen LogP contribution >= 0.6 is 0 Å². The zero-order chi connectivity index (χ0) is 15.7. The van der Waals surface area contributed by atoms with Crippen molar-refractivity contribution in [3.63, 3.8) is 0 Å². The summed E-state index contributed by atoms with van der Waals surface area (Å²) in [6.07, 6.45) is 3.38. The number of nitrogens with zero attached hydrogens (tertiary/aromatic N) is 2. The Balaban J connectivity index is 1.87. The van der Waals surface area contributed by atoms with E-state index in [4.69, 9.17) is 4.52 Å². The molecule has 118 valence electrons. The average Bonchev–Trinajstić information content (AvgIpc) is 3.08. The van der Waals surface area contributed by atoms with E-state index in [9.17, 15) is 0 Å². The third-order valence-corrected chi connectivity index (χ3v) is 4.88. The minimum atomic E-state index is 0.459. The van der Waals surface area contributed by atoms with E-state index in [0.29, 0.717) is 6.04 Å². The summed E-state index contributed by atoms with van der Waals surface area (Å²) in [4.78, 5) is 2.60. The fraction of sp³-hybridized carbons (Fsp3) is 0.526. The fourth-order valence-electron chi connectivity index (χ4n) is 3.64. The first-order valence-corrected chi connectivity index (χ1v) is 8.35. The molecule has 0 bridgehead atoms. The number of likely N-dealkylation sites (tertiary alicyclic amines) is 1. The topological polar surface area (TPSA) is 29.3 Å². The highest BCUT2D eigenvalue weighted by Crippen LogP contribution is 2.37. The second-order valence-electron chi connectivity index (χ2n) is 6.52. The molecule has 2 heterocycles. The zero-order valence-electron chi connectivity index (χ0n) is 14.1. The highest BCUT2D eigenvalue weighted by atomic mass is 16.5. The molecular formula is C19H26N2O. The molecule has 1 unspecified atom stereocenters. The third kappa shape index (κ3) is 2.82. The molecule has 0 aliphatic carbocycles. The molecule has 2 aromatic rings. The number of aryl methyl sites for hydroxylation is 4. The molecular weight excluding hydrogens is 272 g/mol. The first-order chi connectivity index (χ1) is 10.6. The largest absolute Gasteiger partial charge is 0.361 e. The SMILES string of the molecule is CCc1onc(C)c1C1CCCN1Cc1cc(C)ccc1C. The van der Waals surface area contributed by atoms with Gasteiger partial charge in [0.15, 0.2) is 0 Å². The van der Waals surface area contributed by atoms with E-state index >= 15 is 0 Å². The first kappa shape index (κ1) is 15.3. The summed E-state index contributed by atoms with van der Waals surface area (Å²) in [6.45, 7) is 10.8. The normalized spacial score (nSPS) is 19.0. The minimum absolute atomic E-state index is 0.459. The molecule has 22 heavy (non-hydrogen) atoms. The molecule has 0 spiro atoms. The van der Waals surface area contributed by atoms with E-state index in [1.54, 1.807) is 0 Å². The molecule has 0 amide bonds. The first-order valence-electron chi connectivity index (χ1n) is 8.35. The van der Waals surface area contributed by atoms with E-state index in [0.717, 1.165) is 31.0 Å². The highest BCUT2D eigenvalue weighted by Gasteiger charge is 2.31. The van der Waals surface area contributed by atoms with Gasteiger partial charge in [0.2, 0.25) is 0 Å². The summed E-state index contributed by atoms with van der Waals surface area (Å²) >= 11 is 0. The smallest absolute Gasteiger partial charge is 0.141 e. The van der Waals surface area contributed by atoms with Gasteiger partial charge in [-0.2, -0.15) is 0 Å². The summed E-state index contributed by atoms with van der Waals surface area (Å²) < 4.78 is 5.52. The number of benzene rings is 1. The lowest BCUT2D eigenvalue weighted by molar-refractivity contribution is 0.244. The molecule has 1 aliphatic heterocycles. The van der Waals surface area contributed by atoms with E-state index in [1.165, 1.54) is 35.1 Å². The van der Waals surface area contributed by atoms with Crippen molar-refractivity contribution in [1.29, 1.82) is 0 Å². The molecule has 3 heteroatoms. The van der Waals surface area contributed by atoms with Crippen LogP contribution in [0.15, 0.2) is 22.7 Å². The number of hydrogen-bond acceptors (Lipinski definition) is 3. The monoisotopic (exact) mass is 298 g/mol. The molecule has 0 radical (unpaired) electrons. The maximum atomic E-state index is 5.52. The van der Waals surface area contributed by atoms with Gasteiger partial charge in [0.05, 0.1) is 5.69 Å². The summed E-state index contributed by atoms with van der Waals surface area (Å²) in [7, 11) is 0. The summed E-state index contributed by atoms with van der Waals surface area (Å²) in [5.74, 6) is 1.07. The predicted molar refractivity (Wildman–Crippen MR) is 88.9 cm³/mol. The van der Waals surface area contributed by atoms with Gasteiger partial charge in [-0.3, -0.25) is 4.90 Å². The second-order valence-corrected chi connectivity index (χ2v) is 6.52. The van der Waals surface area contributed by atoms with Crippen molar-refractivity contribution < 1.29 is 4.52 Å². The van der Waals surface area contributed by atoms with Crippen molar-refractivity contribution >= 4 is 0 Å². The van der Waals surface area contributed by atoms with Crippen molar-refractivity contribution in [3.8, 4) is 0 Å². The van der Waals surface area contributed by atoms with Gasteiger partial charge in [0, 0.05) is 24.6 Å². The molecule has 1 aromatic heterocycles. The van der Waals surface area contributed by atoms with Crippen molar-refractivity contribution in [2.45, 2.75) is 59.5 Å². The van der Waals surface area contributed by atoms with Crippen LogP contribution in [0.3, 0.4) is 0 Å². The second kappa shape index (κ2) is 6.25.